The van der Waals surface area contributed by atoms with E-state index in [2.05, 4.69) is 52.9 Å². The van der Waals surface area contributed by atoms with Gasteiger partial charge in [-0.3, -0.25) is 0 Å². The highest BCUT2D eigenvalue weighted by molar-refractivity contribution is 5.64. The van der Waals surface area contributed by atoms with Gasteiger partial charge in [0.15, 0.2) is 0 Å². The van der Waals surface area contributed by atoms with Gasteiger partial charge in [-0.05, 0) is 80.2 Å². The summed E-state index contributed by atoms with van der Waals surface area (Å²) in [7, 11) is 0. The molecule has 2 N–H and O–H groups in total. The van der Waals surface area contributed by atoms with Crippen LogP contribution in [-0.4, -0.2) is 23.1 Å². The van der Waals surface area contributed by atoms with Gasteiger partial charge >= 0.3 is 0 Å². The summed E-state index contributed by atoms with van der Waals surface area (Å²) in [5, 5.41) is 6.74. The van der Waals surface area contributed by atoms with Crippen molar-refractivity contribution in [3.05, 3.63) is 71.9 Å². The minimum Gasteiger partial charge on any atom is -0.325 e. The third-order valence-electron chi connectivity index (χ3n) is 4.91. The molecule has 4 nitrogen and oxygen atoms in total. The first-order valence-electron chi connectivity index (χ1n) is 9.26. The highest BCUT2D eigenvalue weighted by Crippen LogP contribution is 2.29. The molecule has 132 valence electrons. The Morgan fingerprint density at radius 1 is 0.962 bits per heavy atom. The Morgan fingerprint density at radius 3 is 2.65 bits per heavy atom. The van der Waals surface area contributed by atoms with Gasteiger partial charge in [-0.25, -0.2) is 9.97 Å². The summed E-state index contributed by atoms with van der Waals surface area (Å²) in [5.41, 5.74) is 4.75. The summed E-state index contributed by atoms with van der Waals surface area (Å²) in [5.74, 6) is 2.28. The van der Waals surface area contributed by atoms with Crippen LogP contribution >= 0.6 is 0 Å². The first-order chi connectivity index (χ1) is 12.8. The number of benzene rings is 1. The lowest BCUT2D eigenvalue weighted by Crippen LogP contribution is -2.26. The van der Waals surface area contributed by atoms with E-state index < -0.39 is 0 Å². The van der Waals surface area contributed by atoms with Crippen molar-refractivity contribution in [2.75, 3.05) is 18.4 Å². The minimum absolute atomic E-state index is 0.647. The molecule has 0 saturated carbocycles. The molecular formula is C22H24N4. The lowest BCUT2D eigenvalue weighted by molar-refractivity contribution is 0.460. The quantitative estimate of drug-likeness (QED) is 0.722. The zero-order valence-corrected chi connectivity index (χ0v) is 15.1. The van der Waals surface area contributed by atoms with Crippen molar-refractivity contribution >= 4 is 11.6 Å². The molecule has 1 aromatic carbocycles. The molecule has 1 aliphatic heterocycles. The molecule has 4 heteroatoms. The molecule has 2 aromatic heterocycles. The topological polar surface area (TPSA) is 49.8 Å². The Kier molecular flexibility index (Phi) is 4.93. The Morgan fingerprint density at radius 2 is 1.81 bits per heavy atom. The summed E-state index contributed by atoms with van der Waals surface area (Å²) in [4.78, 5) is 9.15. The van der Waals surface area contributed by atoms with Crippen LogP contribution in [0.15, 0.2) is 60.8 Å². The van der Waals surface area contributed by atoms with E-state index in [1.54, 1.807) is 0 Å². The number of aromatic nitrogens is 2. The van der Waals surface area contributed by atoms with Crippen LogP contribution in [0.4, 0.5) is 11.6 Å². The van der Waals surface area contributed by atoms with Gasteiger partial charge in [0.2, 0.25) is 0 Å². The van der Waals surface area contributed by atoms with Crippen molar-refractivity contribution in [1.29, 1.82) is 0 Å². The predicted molar refractivity (Wildman–Crippen MR) is 107 cm³/mol. The van der Waals surface area contributed by atoms with E-state index in [1.165, 1.54) is 29.5 Å². The predicted octanol–water partition coefficient (Wildman–Crippen LogP) is 4.66. The van der Waals surface area contributed by atoms with Crippen LogP contribution in [0, 0.1) is 6.92 Å². The number of piperidine rings is 1. The van der Waals surface area contributed by atoms with E-state index in [0.717, 1.165) is 30.4 Å². The second kappa shape index (κ2) is 7.67. The number of aryl methyl sites for hydroxylation is 1. The largest absolute Gasteiger partial charge is 0.325 e. The first kappa shape index (κ1) is 16.7. The highest BCUT2D eigenvalue weighted by atomic mass is 15.1. The van der Waals surface area contributed by atoms with E-state index in [9.17, 15) is 0 Å². The number of nitrogens with one attached hydrogen (secondary N) is 2. The van der Waals surface area contributed by atoms with Gasteiger partial charge in [-0.15, -0.1) is 0 Å². The molecule has 0 radical (unpaired) electrons. The first-order valence-corrected chi connectivity index (χ1v) is 9.26. The van der Waals surface area contributed by atoms with Crippen molar-refractivity contribution < 1.29 is 0 Å². The lowest BCUT2D eigenvalue weighted by Gasteiger charge is -2.23. The summed E-state index contributed by atoms with van der Waals surface area (Å²) >= 11 is 0. The fourth-order valence-electron chi connectivity index (χ4n) is 3.51. The minimum atomic E-state index is 0.647. The molecule has 0 bridgehead atoms. The monoisotopic (exact) mass is 344 g/mol. The average Bonchev–Trinajstić information content (AvgIpc) is 2.69. The molecule has 0 aliphatic carbocycles. The van der Waals surface area contributed by atoms with E-state index in [4.69, 9.17) is 4.98 Å². The van der Waals surface area contributed by atoms with Gasteiger partial charge < -0.3 is 10.6 Å². The second-order valence-corrected chi connectivity index (χ2v) is 6.90. The molecule has 26 heavy (non-hydrogen) atoms. The van der Waals surface area contributed by atoms with Gasteiger partial charge in [-0.1, -0.05) is 24.3 Å². The molecule has 0 amide bonds. The second-order valence-electron chi connectivity index (χ2n) is 6.90. The molecule has 1 saturated heterocycles. The zero-order valence-electron chi connectivity index (χ0n) is 15.1. The van der Waals surface area contributed by atoms with Gasteiger partial charge in [0.1, 0.15) is 11.6 Å². The van der Waals surface area contributed by atoms with Crippen molar-refractivity contribution in [3.8, 4) is 11.3 Å². The average molecular weight is 344 g/mol. The Balaban J connectivity index is 1.58. The van der Waals surface area contributed by atoms with Gasteiger partial charge in [0.25, 0.3) is 0 Å². The number of anilines is 2. The molecule has 0 unspecified atom stereocenters. The Labute approximate surface area is 154 Å². The van der Waals surface area contributed by atoms with Crippen molar-refractivity contribution in [1.82, 2.24) is 15.3 Å². The molecule has 4 rings (SSSR count). The smallest absolute Gasteiger partial charge is 0.132 e. The standard InChI is InChI=1S/C22H24N4/c1-16-8-13-24-22(14-16)26-21-7-3-6-20(25-21)19-5-2-4-18(15-19)17-9-11-23-12-10-17/h2-8,13-15,17,23H,9-12H2,1H3,(H,24,25,26). The molecule has 1 aliphatic rings. The summed E-state index contributed by atoms with van der Waals surface area (Å²) in [6, 6.07) is 18.9. The fourth-order valence-corrected chi connectivity index (χ4v) is 3.51. The van der Waals surface area contributed by atoms with Crippen molar-refractivity contribution in [3.63, 3.8) is 0 Å². The third-order valence-corrected chi connectivity index (χ3v) is 4.91. The normalized spacial score (nSPS) is 15.0. The maximum atomic E-state index is 4.79. The summed E-state index contributed by atoms with van der Waals surface area (Å²) < 4.78 is 0. The van der Waals surface area contributed by atoms with E-state index >= 15 is 0 Å². The van der Waals surface area contributed by atoms with Crippen LogP contribution in [0.1, 0.15) is 29.9 Å². The molecule has 1 fully saturated rings. The van der Waals surface area contributed by atoms with Crippen LogP contribution in [0.3, 0.4) is 0 Å². The van der Waals surface area contributed by atoms with Crippen LogP contribution in [0.25, 0.3) is 11.3 Å². The summed E-state index contributed by atoms with van der Waals surface area (Å²) in [6.45, 7) is 4.27. The van der Waals surface area contributed by atoms with E-state index in [1.807, 2.05) is 30.5 Å². The summed E-state index contributed by atoms with van der Waals surface area (Å²) in [6.07, 6.45) is 4.22. The molecular weight excluding hydrogens is 320 g/mol. The van der Waals surface area contributed by atoms with Gasteiger partial charge in [-0.2, -0.15) is 0 Å². The maximum Gasteiger partial charge on any atom is 0.132 e. The van der Waals surface area contributed by atoms with Crippen LogP contribution < -0.4 is 10.6 Å². The highest BCUT2D eigenvalue weighted by Gasteiger charge is 2.15. The SMILES string of the molecule is Cc1ccnc(Nc2cccc(-c3cccc(C4CCNCC4)c3)n2)c1. The molecule has 0 spiro atoms. The van der Waals surface area contributed by atoms with Crippen LogP contribution in [0.2, 0.25) is 0 Å². The molecule has 3 heterocycles. The number of rotatable bonds is 4. The maximum absolute atomic E-state index is 4.79. The lowest BCUT2D eigenvalue weighted by atomic mass is 9.89. The Bertz CT molecular complexity index is 885. The van der Waals surface area contributed by atoms with Crippen LogP contribution in [0.5, 0.6) is 0 Å². The third kappa shape index (κ3) is 3.92. The molecule has 3 aromatic rings. The fraction of sp³-hybridized carbons (Fsp3) is 0.273. The van der Waals surface area contributed by atoms with Crippen molar-refractivity contribution in [2.24, 2.45) is 0 Å². The Hall–Kier alpha value is -2.72. The zero-order chi connectivity index (χ0) is 17.8. The number of nitrogens with zero attached hydrogens (tertiary/aromatic N) is 2. The van der Waals surface area contributed by atoms with Gasteiger partial charge in [0, 0.05) is 11.8 Å². The number of hydrogen-bond acceptors (Lipinski definition) is 4. The van der Waals surface area contributed by atoms with Crippen molar-refractivity contribution in [2.45, 2.75) is 25.7 Å². The number of hydrogen-bond donors (Lipinski definition) is 2. The van der Waals surface area contributed by atoms with E-state index in [0.29, 0.717) is 5.92 Å². The van der Waals surface area contributed by atoms with E-state index in [-0.39, 0.29) is 0 Å². The van der Waals surface area contributed by atoms with Crippen LogP contribution in [-0.2, 0) is 0 Å². The van der Waals surface area contributed by atoms with Gasteiger partial charge in [0.05, 0.1) is 5.69 Å². The number of pyridine rings is 2. The molecule has 0 atom stereocenters.